The molecule has 3 rings (SSSR count). The largest absolute Gasteiger partial charge is 0.497 e. The van der Waals surface area contributed by atoms with Crippen molar-refractivity contribution in [2.75, 3.05) is 20.2 Å². The molecule has 1 heterocycles. The van der Waals surface area contributed by atoms with Gasteiger partial charge in [0, 0.05) is 13.1 Å². The Labute approximate surface area is 125 Å². The molecular weight excluding hydrogens is 262 g/mol. The summed E-state index contributed by atoms with van der Waals surface area (Å²) >= 11 is 0. The topological polar surface area (TPSA) is 29.5 Å². The van der Waals surface area contributed by atoms with Crippen LogP contribution in [0.15, 0.2) is 36.4 Å². The van der Waals surface area contributed by atoms with Crippen LogP contribution in [0.4, 0.5) is 0 Å². The van der Waals surface area contributed by atoms with Crippen molar-refractivity contribution in [3.63, 3.8) is 0 Å². The quantitative estimate of drug-likeness (QED) is 0.861. The zero-order valence-electron chi connectivity index (χ0n) is 12.6. The number of benzene rings is 2. The van der Waals surface area contributed by atoms with Gasteiger partial charge in [0.1, 0.15) is 5.75 Å². The molecule has 0 saturated carbocycles. The van der Waals surface area contributed by atoms with Crippen LogP contribution < -0.4 is 4.74 Å². The minimum Gasteiger partial charge on any atom is -0.497 e. The minimum absolute atomic E-state index is 0.0744. The van der Waals surface area contributed by atoms with Crippen LogP contribution in [0.5, 0.6) is 5.75 Å². The van der Waals surface area contributed by atoms with Gasteiger partial charge in [-0.1, -0.05) is 24.3 Å². The van der Waals surface area contributed by atoms with E-state index in [1.54, 1.807) is 7.11 Å². The molecule has 2 aromatic carbocycles. The summed E-state index contributed by atoms with van der Waals surface area (Å²) in [7, 11) is 1.67. The summed E-state index contributed by atoms with van der Waals surface area (Å²) in [5, 5.41) is 2.29. The van der Waals surface area contributed by atoms with Crippen LogP contribution in [0.3, 0.4) is 0 Å². The second-order valence-corrected chi connectivity index (χ2v) is 5.73. The van der Waals surface area contributed by atoms with Crippen LogP contribution in [-0.2, 0) is 4.79 Å². The van der Waals surface area contributed by atoms with Crippen LogP contribution in [0, 0.1) is 0 Å². The fraction of sp³-hybridized carbons (Fsp3) is 0.389. The lowest BCUT2D eigenvalue weighted by Gasteiger charge is -2.20. The van der Waals surface area contributed by atoms with Gasteiger partial charge in [-0.2, -0.15) is 0 Å². The van der Waals surface area contributed by atoms with Gasteiger partial charge in [0.05, 0.1) is 13.0 Å². The number of hydrogen-bond donors (Lipinski definition) is 0. The third kappa shape index (κ3) is 2.73. The Morgan fingerprint density at radius 3 is 2.48 bits per heavy atom. The van der Waals surface area contributed by atoms with Crippen molar-refractivity contribution in [3.05, 3.63) is 42.0 Å². The summed E-state index contributed by atoms with van der Waals surface area (Å²) in [4.78, 5) is 14.5. The highest BCUT2D eigenvalue weighted by molar-refractivity contribution is 5.88. The lowest BCUT2D eigenvalue weighted by Crippen LogP contribution is -2.31. The first-order valence-corrected chi connectivity index (χ1v) is 7.55. The fourth-order valence-corrected chi connectivity index (χ4v) is 2.99. The monoisotopic (exact) mass is 283 g/mol. The maximum Gasteiger partial charge on any atom is 0.229 e. The predicted molar refractivity (Wildman–Crippen MR) is 84.7 cm³/mol. The molecule has 0 bridgehead atoms. The Kier molecular flexibility index (Phi) is 3.82. The van der Waals surface area contributed by atoms with Crippen molar-refractivity contribution in [2.45, 2.75) is 25.7 Å². The Morgan fingerprint density at radius 2 is 1.76 bits per heavy atom. The van der Waals surface area contributed by atoms with E-state index in [1.165, 1.54) is 0 Å². The Morgan fingerprint density at radius 1 is 1.10 bits per heavy atom. The van der Waals surface area contributed by atoms with E-state index in [9.17, 15) is 4.79 Å². The van der Waals surface area contributed by atoms with E-state index in [-0.39, 0.29) is 11.8 Å². The molecule has 21 heavy (non-hydrogen) atoms. The molecule has 0 spiro atoms. The minimum atomic E-state index is -0.0744. The molecule has 3 nitrogen and oxygen atoms in total. The molecule has 110 valence electrons. The first-order valence-electron chi connectivity index (χ1n) is 7.55. The lowest BCUT2D eigenvalue weighted by molar-refractivity contribution is -0.131. The van der Waals surface area contributed by atoms with E-state index in [4.69, 9.17) is 4.74 Å². The van der Waals surface area contributed by atoms with Crippen molar-refractivity contribution in [3.8, 4) is 5.75 Å². The van der Waals surface area contributed by atoms with Gasteiger partial charge in [-0.3, -0.25) is 4.79 Å². The molecule has 1 unspecified atom stereocenters. The third-order valence-corrected chi connectivity index (χ3v) is 4.36. The van der Waals surface area contributed by atoms with Gasteiger partial charge in [-0.05, 0) is 48.2 Å². The van der Waals surface area contributed by atoms with Crippen LogP contribution in [0.1, 0.15) is 31.2 Å². The van der Waals surface area contributed by atoms with Gasteiger partial charge in [-0.15, -0.1) is 0 Å². The van der Waals surface area contributed by atoms with Crippen molar-refractivity contribution in [2.24, 2.45) is 0 Å². The van der Waals surface area contributed by atoms with Crippen molar-refractivity contribution in [1.82, 2.24) is 4.90 Å². The van der Waals surface area contributed by atoms with Gasteiger partial charge in [0.25, 0.3) is 0 Å². The molecule has 0 N–H and O–H groups in total. The average molecular weight is 283 g/mol. The summed E-state index contributed by atoms with van der Waals surface area (Å²) in [6.45, 7) is 3.83. The molecule has 2 aromatic rings. The summed E-state index contributed by atoms with van der Waals surface area (Å²) < 4.78 is 5.24. The second kappa shape index (κ2) is 5.76. The number of rotatable bonds is 3. The number of carbonyl (C=O) groups is 1. The van der Waals surface area contributed by atoms with Crippen LogP contribution in [0.2, 0.25) is 0 Å². The standard InChI is InChI=1S/C18H21NO2/c1-13(18(20)19-9-3-4-10-19)14-5-6-16-12-17(21-2)8-7-15(16)11-14/h5-8,11-13H,3-4,9-10H2,1-2H3. The smallest absolute Gasteiger partial charge is 0.229 e. The van der Waals surface area contributed by atoms with E-state index >= 15 is 0 Å². The zero-order chi connectivity index (χ0) is 14.8. The molecule has 1 aliphatic rings. The van der Waals surface area contributed by atoms with Gasteiger partial charge in [0.2, 0.25) is 5.91 Å². The molecule has 0 aromatic heterocycles. The number of hydrogen-bond acceptors (Lipinski definition) is 2. The fourth-order valence-electron chi connectivity index (χ4n) is 2.99. The maximum atomic E-state index is 12.5. The first-order chi connectivity index (χ1) is 10.2. The number of ether oxygens (including phenoxy) is 1. The van der Waals surface area contributed by atoms with E-state index in [0.29, 0.717) is 0 Å². The number of nitrogens with zero attached hydrogens (tertiary/aromatic N) is 1. The second-order valence-electron chi connectivity index (χ2n) is 5.73. The summed E-state index contributed by atoms with van der Waals surface area (Å²) in [5.74, 6) is 1.03. The molecule has 3 heteroatoms. The number of methoxy groups -OCH3 is 1. The van der Waals surface area contributed by atoms with Crippen molar-refractivity contribution < 1.29 is 9.53 Å². The van der Waals surface area contributed by atoms with E-state index < -0.39 is 0 Å². The van der Waals surface area contributed by atoms with Gasteiger partial charge in [0.15, 0.2) is 0 Å². The summed E-state index contributed by atoms with van der Waals surface area (Å²) in [5.41, 5.74) is 1.09. The molecule has 0 radical (unpaired) electrons. The van der Waals surface area contributed by atoms with Gasteiger partial charge in [-0.25, -0.2) is 0 Å². The van der Waals surface area contributed by atoms with E-state index in [1.807, 2.05) is 30.0 Å². The molecule has 1 aliphatic heterocycles. The molecule has 1 saturated heterocycles. The summed E-state index contributed by atoms with van der Waals surface area (Å²) in [6.07, 6.45) is 2.27. The Bertz CT molecular complexity index is 659. The number of amides is 1. The number of carbonyl (C=O) groups excluding carboxylic acids is 1. The maximum absolute atomic E-state index is 12.5. The highest BCUT2D eigenvalue weighted by atomic mass is 16.5. The van der Waals surface area contributed by atoms with Crippen molar-refractivity contribution >= 4 is 16.7 Å². The Hall–Kier alpha value is -2.03. The molecule has 1 fully saturated rings. The molecule has 0 aliphatic carbocycles. The van der Waals surface area contributed by atoms with E-state index in [2.05, 4.69) is 18.2 Å². The number of fused-ring (bicyclic) bond motifs is 1. The van der Waals surface area contributed by atoms with Crippen LogP contribution >= 0.6 is 0 Å². The van der Waals surface area contributed by atoms with Crippen molar-refractivity contribution in [1.29, 1.82) is 0 Å². The average Bonchev–Trinajstić information content (AvgIpc) is 3.06. The highest BCUT2D eigenvalue weighted by Crippen LogP contribution is 2.26. The SMILES string of the molecule is COc1ccc2cc(C(C)C(=O)N3CCCC3)ccc2c1. The summed E-state index contributed by atoms with van der Waals surface area (Å²) in [6, 6.07) is 12.3. The Balaban J connectivity index is 1.87. The lowest BCUT2D eigenvalue weighted by atomic mass is 9.96. The third-order valence-electron chi connectivity index (χ3n) is 4.36. The van der Waals surface area contributed by atoms with Gasteiger partial charge < -0.3 is 9.64 Å². The number of likely N-dealkylation sites (tertiary alicyclic amines) is 1. The molecule has 1 atom stereocenters. The first kappa shape index (κ1) is 13.9. The molecular formula is C18H21NO2. The highest BCUT2D eigenvalue weighted by Gasteiger charge is 2.24. The van der Waals surface area contributed by atoms with Gasteiger partial charge >= 0.3 is 0 Å². The predicted octanol–water partition coefficient (Wildman–Crippen LogP) is 3.57. The zero-order valence-corrected chi connectivity index (χ0v) is 12.6. The normalized spacial score (nSPS) is 16.2. The van der Waals surface area contributed by atoms with E-state index in [0.717, 1.165) is 48.0 Å². The van der Waals surface area contributed by atoms with Crippen LogP contribution in [0.25, 0.3) is 10.8 Å². The molecule has 1 amide bonds. The van der Waals surface area contributed by atoms with Crippen LogP contribution in [-0.4, -0.2) is 31.0 Å².